The number of benzene rings is 2. The van der Waals surface area contributed by atoms with Crippen molar-refractivity contribution < 1.29 is 8.42 Å². The molecule has 4 aromatic rings. The SMILES string of the molecule is Cc1cnc2c(S(=O)(=O)NCc3cnn(-c4ccccc4)c3)cccc2c1. The lowest BCUT2D eigenvalue weighted by atomic mass is 10.2. The van der Waals surface area contributed by atoms with Gasteiger partial charge in [-0.25, -0.2) is 17.8 Å². The minimum absolute atomic E-state index is 0.150. The quantitative estimate of drug-likeness (QED) is 0.578. The number of pyridine rings is 1. The van der Waals surface area contributed by atoms with Crippen LogP contribution in [0.25, 0.3) is 16.6 Å². The van der Waals surface area contributed by atoms with Crippen LogP contribution in [0.5, 0.6) is 0 Å². The summed E-state index contributed by atoms with van der Waals surface area (Å²) in [6.07, 6.45) is 5.13. The fraction of sp³-hybridized carbons (Fsp3) is 0.100. The smallest absolute Gasteiger partial charge is 0.243 e. The van der Waals surface area contributed by atoms with Crippen molar-refractivity contribution in [1.29, 1.82) is 0 Å². The molecule has 0 amide bonds. The van der Waals surface area contributed by atoms with E-state index in [0.29, 0.717) is 5.52 Å². The van der Waals surface area contributed by atoms with Gasteiger partial charge in [0.1, 0.15) is 4.90 Å². The van der Waals surface area contributed by atoms with Crippen LogP contribution in [0.4, 0.5) is 0 Å². The molecule has 2 heterocycles. The van der Waals surface area contributed by atoms with E-state index in [-0.39, 0.29) is 11.4 Å². The van der Waals surface area contributed by atoms with Gasteiger partial charge in [0.2, 0.25) is 10.0 Å². The van der Waals surface area contributed by atoms with Gasteiger partial charge in [-0.15, -0.1) is 0 Å². The molecule has 0 unspecified atom stereocenters. The van der Waals surface area contributed by atoms with E-state index in [1.807, 2.05) is 55.6 Å². The summed E-state index contributed by atoms with van der Waals surface area (Å²) in [7, 11) is -3.70. The van der Waals surface area contributed by atoms with E-state index in [4.69, 9.17) is 0 Å². The molecule has 0 atom stereocenters. The molecule has 0 aliphatic carbocycles. The molecule has 0 radical (unpaired) electrons. The van der Waals surface area contributed by atoms with Crippen LogP contribution >= 0.6 is 0 Å². The van der Waals surface area contributed by atoms with Crippen molar-refractivity contribution in [3.63, 3.8) is 0 Å². The van der Waals surface area contributed by atoms with Gasteiger partial charge in [0.25, 0.3) is 0 Å². The van der Waals surface area contributed by atoms with E-state index in [1.54, 1.807) is 29.2 Å². The van der Waals surface area contributed by atoms with Gasteiger partial charge in [0, 0.05) is 29.9 Å². The standard InChI is InChI=1S/C20H18N4O2S/c1-15-10-17-6-5-9-19(20(17)21-11-15)27(25,26)23-13-16-12-22-24(14-16)18-7-3-2-4-8-18/h2-12,14,23H,13H2,1H3. The molecular weight excluding hydrogens is 360 g/mol. The van der Waals surface area contributed by atoms with Crippen molar-refractivity contribution in [2.24, 2.45) is 0 Å². The second-order valence-electron chi connectivity index (χ2n) is 6.29. The van der Waals surface area contributed by atoms with E-state index in [1.165, 1.54) is 0 Å². The van der Waals surface area contributed by atoms with Crippen LogP contribution in [0.3, 0.4) is 0 Å². The molecule has 0 fully saturated rings. The Morgan fingerprint density at radius 2 is 1.85 bits per heavy atom. The van der Waals surface area contributed by atoms with Gasteiger partial charge in [0.05, 0.1) is 17.4 Å². The Hall–Kier alpha value is -3.03. The van der Waals surface area contributed by atoms with Gasteiger partial charge >= 0.3 is 0 Å². The van der Waals surface area contributed by atoms with Crippen molar-refractivity contribution in [3.05, 3.63) is 84.3 Å². The van der Waals surface area contributed by atoms with Crippen LogP contribution in [0, 0.1) is 6.92 Å². The third kappa shape index (κ3) is 3.60. The Morgan fingerprint density at radius 1 is 1.04 bits per heavy atom. The van der Waals surface area contributed by atoms with Crippen molar-refractivity contribution in [2.75, 3.05) is 0 Å². The first-order valence-corrected chi connectivity index (χ1v) is 9.95. The third-order valence-electron chi connectivity index (χ3n) is 4.22. The van der Waals surface area contributed by atoms with Crippen LogP contribution in [-0.4, -0.2) is 23.2 Å². The highest BCUT2D eigenvalue weighted by atomic mass is 32.2. The number of para-hydroxylation sites is 2. The molecule has 2 aromatic heterocycles. The number of nitrogens with zero attached hydrogens (tertiary/aromatic N) is 3. The van der Waals surface area contributed by atoms with Crippen molar-refractivity contribution in [3.8, 4) is 5.69 Å². The minimum atomic E-state index is -3.70. The summed E-state index contributed by atoms with van der Waals surface area (Å²) >= 11 is 0. The number of nitrogens with one attached hydrogen (secondary N) is 1. The Kier molecular flexibility index (Phi) is 4.47. The lowest BCUT2D eigenvalue weighted by Crippen LogP contribution is -2.23. The molecular formula is C20H18N4O2S. The fourth-order valence-corrected chi connectivity index (χ4v) is 4.08. The Morgan fingerprint density at radius 3 is 2.67 bits per heavy atom. The van der Waals surface area contributed by atoms with Gasteiger partial charge in [-0.1, -0.05) is 30.3 Å². The van der Waals surface area contributed by atoms with Crippen LogP contribution < -0.4 is 4.72 Å². The minimum Gasteiger partial charge on any atom is -0.255 e. The zero-order valence-corrected chi connectivity index (χ0v) is 15.5. The number of fused-ring (bicyclic) bond motifs is 1. The molecule has 0 aliphatic heterocycles. The Balaban J connectivity index is 1.57. The number of sulfonamides is 1. The van der Waals surface area contributed by atoms with Crippen molar-refractivity contribution >= 4 is 20.9 Å². The predicted molar refractivity (Wildman–Crippen MR) is 104 cm³/mol. The number of hydrogen-bond acceptors (Lipinski definition) is 4. The molecule has 6 nitrogen and oxygen atoms in total. The first-order chi connectivity index (χ1) is 13.0. The zero-order chi connectivity index (χ0) is 18.9. The maximum atomic E-state index is 12.8. The predicted octanol–water partition coefficient (Wildman–Crippen LogP) is 3.21. The molecule has 1 N–H and O–H groups in total. The summed E-state index contributed by atoms with van der Waals surface area (Å²) < 4.78 is 30.0. The van der Waals surface area contributed by atoms with E-state index in [9.17, 15) is 8.42 Å². The molecule has 0 saturated carbocycles. The maximum absolute atomic E-state index is 12.8. The van der Waals surface area contributed by atoms with Gasteiger partial charge in [-0.3, -0.25) is 4.98 Å². The summed E-state index contributed by atoms with van der Waals surface area (Å²) in [5.74, 6) is 0. The highest BCUT2D eigenvalue weighted by Crippen LogP contribution is 2.22. The summed E-state index contributed by atoms with van der Waals surface area (Å²) in [5.41, 5.74) is 3.14. The lowest BCUT2D eigenvalue weighted by molar-refractivity contribution is 0.582. The Labute approximate surface area is 157 Å². The lowest BCUT2D eigenvalue weighted by Gasteiger charge is -2.08. The number of hydrogen-bond donors (Lipinski definition) is 1. The zero-order valence-electron chi connectivity index (χ0n) is 14.7. The van der Waals surface area contributed by atoms with E-state index < -0.39 is 10.0 Å². The topological polar surface area (TPSA) is 76.9 Å². The normalized spacial score (nSPS) is 11.7. The molecule has 0 aliphatic rings. The van der Waals surface area contributed by atoms with Gasteiger partial charge < -0.3 is 0 Å². The fourth-order valence-electron chi connectivity index (χ4n) is 2.89. The van der Waals surface area contributed by atoms with Crippen molar-refractivity contribution in [2.45, 2.75) is 18.4 Å². The molecule has 7 heteroatoms. The molecule has 136 valence electrons. The average molecular weight is 378 g/mol. The summed E-state index contributed by atoms with van der Waals surface area (Å²) in [6.45, 7) is 2.08. The first-order valence-electron chi connectivity index (χ1n) is 8.47. The average Bonchev–Trinajstić information content (AvgIpc) is 3.16. The molecule has 27 heavy (non-hydrogen) atoms. The monoisotopic (exact) mass is 378 g/mol. The third-order valence-corrected chi connectivity index (χ3v) is 5.66. The van der Waals surface area contributed by atoms with Crippen LogP contribution in [0.15, 0.2) is 78.1 Å². The van der Waals surface area contributed by atoms with E-state index >= 15 is 0 Å². The van der Waals surface area contributed by atoms with E-state index in [2.05, 4.69) is 14.8 Å². The molecule has 0 saturated heterocycles. The molecule has 2 aromatic carbocycles. The second-order valence-corrected chi connectivity index (χ2v) is 8.03. The number of rotatable bonds is 5. The largest absolute Gasteiger partial charge is 0.255 e. The summed E-state index contributed by atoms with van der Waals surface area (Å²) in [4.78, 5) is 4.49. The maximum Gasteiger partial charge on any atom is 0.243 e. The van der Waals surface area contributed by atoms with Gasteiger partial charge in [-0.05, 0) is 36.8 Å². The second kappa shape index (κ2) is 6.94. The van der Waals surface area contributed by atoms with Gasteiger partial charge in [-0.2, -0.15) is 5.10 Å². The van der Waals surface area contributed by atoms with Crippen LogP contribution in [0.1, 0.15) is 11.1 Å². The number of aromatic nitrogens is 3. The highest BCUT2D eigenvalue weighted by Gasteiger charge is 2.18. The van der Waals surface area contributed by atoms with Crippen LogP contribution in [-0.2, 0) is 16.6 Å². The van der Waals surface area contributed by atoms with Crippen molar-refractivity contribution in [1.82, 2.24) is 19.5 Å². The summed E-state index contributed by atoms with van der Waals surface area (Å²) in [5, 5.41) is 5.09. The summed E-state index contributed by atoms with van der Waals surface area (Å²) in [6, 6.07) is 16.7. The molecule has 4 rings (SSSR count). The van der Waals surface area contributed by atoms with Gasteiger partial charge in [0.15, 0.2) is 0 Å². The Bertz CT molecular complexity index is 1200. The molecule has 0 spiro atoms. The van der Waals surface area contributed by atoms with Crippen LogP contribution in [0.2, 0.25) is 0 Å². The first kappa shape index (κ1) is 17.4. The highest BCUT2D eigenvalue weighted by molar-refractivity contribution is 7.89. The molecule has 0 bridgehead atoms. The number of aryl methyl sites for hydroxylation is 1. The van der Waals surface area contributed by atoms with E-state index in [0.717, 1.165) is 22.2 Å².